The number of aromatic nitrogens is 4. The molecule has 0 saturated heterocycles. The highest BCUT2D eigenvalue weighted by Gasteiger charge is 2.20. The zero-order chi connectivity index (χ0) is 25.6. The number of nitrogens with one attached hydrogen (secondary N) is 1. The number of rotatable bonds is 10. The van der Waals surface area contributed by atoms with Crippen molar-refractivity contribution in [2.24, 2.45) is 0 Å². The zero-order valence-electron chi connectivity index (χ0n) is 20.0. The summed E-state index contributed by atoms with van der Waals surface area (Å²) in [4.78, 5) is 17.3. The van der Waals surface area contributed by atoms with Crippen molar-refractivity contribution in [1.29, 1.82) is 0 Å². The van der Waals surface area contributed by atoms with Crippen LogP contribution in [0.1, 0.15) is 34.4 Å². The van der Waals surface area contributed by atoms with Crippen LogP contribution in [0.5, 0.6) is 0 Å². The molecule has 2 aromatic carbocycles. The Balaban J connectivity index is 1.25. The van der Waals surface area contributed by atoms with Crippen LogP contribution in [0.2, 0.25) is 5.02 Å². The van der Waals surface area contributed by atoms with E-state index in [1.165, 1.54) is 28.7 Å². The van der Waals surface area contributed by atoms with Gasteiger partial charge in [0, 0.05) is 11.4 Å². The van der Waals surface area contributed by atoms with Gasteiger partial charge in [0.2, 0.25) is 5.82 Å². The molecule has 10 heteroatoms. The molecule has 0 fully saturated rings. The second kappa shape index (κ2) is 11.8. The standard InChI is InChI=1S/C27H24ClN5O2S2/c1-18(13-14-19-8-3-2-4-9-19)29-26(34)21-16-36-24(30-21)17-37-27-32-31-25(23-12-7-15-35-23)33(27)22-11-6-5-10-20(22)28/h2-12,15-16,18H,13-14,17H2,1H3,(H,29,34). The van der Waals surface area contributed by atoms with E-state index in [2.05, 4.69) is 32.6 Å². The Morgan fingerprint density at radius 3 is 2.70 bits per heavy atom. The van der Waals surface area contributed by atoms with Crippen LogP contribution in [0.15, 0.2) is 87.9 Å². The van der Waals surface area contributed by atoms with E-state index < -0.39 is 0 Å². The average Bonchev–Trinajstić information content (AvgIpc) is 3.68. The Kier molecular flexibility index (Phi) is 8.03. The minimum Gasteiger partial charge on any atom is -0.461 e. The molecule has 7 nitrogen and oxygen atoms in total. The Morgan fingerprint density at radius 1 is 1.11 bits per heavy atom. The first-order chi connectivity index (χ1) is 18.1. The lowest BCUT2D eigenvalue weighted by molar-refractivity contribution is 0.0934. The smallest absolute Gasteiger partial charge is 0.270 e. The number of aryl methyl sites for hydroxylation is 1. The number of benzene rings is 2. The number of amides is 1. The van der Waals surface area contributed by atoms with Crippen LogP contribution in [-0.4, -0.2) is 31.7 Å². The van der Waals surface area contributed by atoms with E-state index in [4.69, 9.17) is 16.0 Å². The Bertz CT molecular complexity index is 1470. The van der Waals surface area contributed by atoms with Gasteiger partial charge in [-0.05, 0) is 49.6 Å². The van der Waals surface area contributed by atoms with Gasteiger partial charge in [-0.2, -0.15) is 0 Å². The normalized spacial score (nSPS) is 11.9. The SMILES string of the molecule is CC(CCc1ccccc1)NC(=O)c1csc(CSc2nnc(-c3ccco3)n2-c2ccccc2Cl)n1. The fourth-order valence-corrected chi connectivity index (χ4v) is 5.74. The highest BCUT2D eigenvalue weighted by Crippen LogP contribution is 2.33. The maximum Gasteiger partial charge on any atom is 0.270 e. The van der Waals surface area contributed by atoms with E-state index in [1.807, 2.05) is 60.0 Å². The van der Waals surface area contributed by atoms with Crippen LogP contribution >= 0.6 is 34.7 Å². The average molecular weight is 550 g/mol. The van der Waals surface area contributed by atoms with Gasteiger partial charge < -0.3 is 9.73 Å². The van der Waals surface area contributed by atoms with Crippen LogP contribution in [0.4, 0.5) is 0 Å². The summed E-state index contributed by atoms with van der Waals surface area (Å²) in [6.07, 6.45) is 3.37. The van der Waals surface area contributed by atoms with Gasteiger partial charge in [-0.3, -0.25) is 9.36 Å². The molecule has 5 rings (SSSR count). The first kappa shape index (κ1) is 25.3. The number of hydrogen-bond acceptors (Lipinski definition) is 7. The first-order valence-electron chi connectivity index (χ1n) is 11.7. The number of nitrogens with zero attached hydrogens (tertiary/aromatic N) is 4. The molecule has 0 radical (unpaired) electrons. The van der Waals surface area contributed by atoms with E-state index in [0.717, 1.165) is 23.5 Å². The van der Waals surface area contributed by atoms with Gasteiger partial charge in [-0.1, -0.05) is 65.8 Å². The minimum atomic E-state index is -0.160. The lowest BCUT2D eigenvalue weighted by Gasteiger charge is -2.12. The summed E-state index contributed by atoms with van der Waals surface area (Å²) in [7, 11) is 0. The van der Waals surface area contributed by atoms with Crippen LogP contribution < -0.4 is 5.32 Å². The van der Waals surface area contributed by atoms with Crippen molar-refractivity contribution < 1.29 is 9.21 Å². The van der Waals surface area contributed by atoms with Gasteiger partial charge in [0.15, 0.2) is 10.9 Å². The van der Waals surface area contributed by atoms with E-state index in [0.29, 0.717) is 33.2 Å². The lowest BCUT2D eigenvalue weighted by Crippen LogP contribution is -2.33. The van der Waals surface area contributed by atoms with Crippen LogP contribution in [-0.2, 0) is 12.2 Å². The summed E-state index contributed by atoms with van der Waals surface area (Å²) in [6, 6.07) is 21.5. The molecular weight excluding hydrogens is 526 g/mol. The number of carbonyl (C=O) groups is 1. The quantitative estimate of drug-likeness (QED) is 0.195. The second-order valence-electron chi connectivity index (χ2n) is 8.38. The first-order valence-corrected chi connectivity index (χ1v) is 14.0. The molecule has 5 aromatic rings. The largest absolute Gasteiger partial charge is 0.461 e. The molecule has 0 aliphatic rings. The molecular formula is C27H24ClN5O2S2. The Morgan fingerprint density at radius 2 is 1.92 bits per heavy atom. The molecule has 1 atom stereocenters. The number of thiazole rings is 1. The van der Waals surface area contributed by atoms with Crippen molar-refractivity contribution in [3.05, 3.63) is 99.7 Å². The van der Waals surface area contributed by atoms with Crippen molar-refractivity contribution in [3.8, 4) is 17.3 Å². The van der Waals surface area contributed by atoms with E-state index in [1.54, 1.807) is 17.7 Å². The van der Waals surface area contributed by atoms with Crippen LogP contribution in [0.25, 0.3) is 17.3 Å². The third kappa shape index (κ3) is 6.12. The predicted molar refractivity (Wildman–Crippen MR) is 147 cm³/mol. The monoisotopic (exact) mass is 549 g/mol. The molecule has 188 valence electrons. The van der Waals surface area contributed by atoms with Gasteiger partial charge in [0.25, 0.3) is 5.91 Å². The second-order valence-corrected chi connectivity index (χ2v) is 10.7. The van der Waals surface area contributed by atoms with Crippen molar-refractivity contribution in [1.82, 2.24) is 25.1 Å². The molecule has 0 aliphatic heterocycles. The number of carbonyl (C=O) groups excluding carboxylic acids is 1. The van der Waals surface area contributed by atoms with E-state index >= 15 is 0 Å². The molecule has 37 heavy (non-hydrogen) atoms. The van der Waals surface area contributed by atoms with E-state index in [-0.39, 0.29) is 11.9 Å². The summed E-state index contributed by atoms with van der Waals surface area (Å²) in [5.74, 6) is 1.52. The number of halogens is 1. The summed E-state index contributed by atoms with van der Waals surface area (Å²) in [6.45, 7) is 2.02. The fraction of sp³-hybridized carbons (Fsp3) is 0.185. The topological polar surface area (TPSA) is 85.8 Å². The molecule has 0 aliphatic carbocycles. The minimum absolute atomic E-state index is 0.0430. The molecule has 3 aromatic heterocycles. The van der Waals surface area contributed by atoms with Crippen LogP contribution in [0.3, 0.4) is 0 Å². The Hall–Kier alpha value is -3.40. The summed E-state index contributed by atoms with van der Waals surface area (Å²) in [5.41, 5.74) is 2.44. The summed E-state index contributed by atoms with van der Waals surface area (Å²) in [5, 5.41) is 15.6. The van der Waals surface area contributed by atoms with Gasteiger partial charge in [-0.15, -0.1) is 21.5 Å². The lowest BCUT2D eigenvalue weighted by atomic mass is 10.1. The van der Waals surface area contributed by atoms with E-state index in [9.17, 15) is 4.79 Å². The Labute approximate surface area is 227 Å². The number of furan rings is 1. The highest BCUT2D eigenvalue weighted by molar-refractivity contribution is 7.98. The maximum absolute atomic E-state index is 12.7. The molecule has 0 bridgehead atoms. The molecule has 1 N–H and O–H groups in total. The number of para-hydroxylation sites is 1. The fourth-order valence-electron chi connectivity index (χ4n) is 3.78. The van der Waals surface area contributed by atoms with Crippen molar-refractivity contribution >= 4 is 40.6 Å². The summed E-state index contributed by atoms with van der Waals surface area (Å²) < 4.78 is 7.45. The van der Waals surface area contributed by atoms with Crippen LogP contribution in [0, 0.1) is 0 Å². The maximum atomic E-state index is 12.7. The van der Waals surface area contributed by atoms with Crippen molar-refractivity contribution in [2.45, 2.75) is 36.7 Å². The third-order valence-corrected chi connectivity index (χ3v) is 7.96. The zero-order valence-corrected chi connectivity index (χ0v) is 22.4. The van der Waals surface area contributed by atoms with Gasteiger partial charge in [0.05, 0.1) is 22.7 Å². The van der Waals surface area contributed by atoms with Gasteiger partial charge >= 0.3 is 0 Å². The summed E-state index contributed by atoms with van der Waals surface area (Å²) >= 11 is 9.42. The van der Waals surface area contributed by atoms with Crippen molar-refractivity contribution in [3.63, 3.8) is 0 Å². The molecule has 0 spiro atoms. The molecule has 1 unspecified atom stereocenters. The van der Waals surface area contributed by atoms with Gasteiger partial charge in [0.1, 0.15) is 10.7 Å². The van der Waals surface area contributed by atoms with Crippen molar-refractivity contribution in [2.75, 3.05) is 0 Å². The molecule has 3 heterocycles. The highest BCUT2D eigenvalue weighted by atomic mass is 35.5. The third-order valence-electron chi connectivity index (χ3n) is 5.66. The predicted octanol–water partition coefficient (Wildman–Crippen LogP) is 6.68. The number of thioether (sulfide) groups is 1. The number of hydrogen-bond donors (Lipinski definition) is 1. The molecule has 1 amide bonds. The molecule has 0 saturated carbocycles. The van der Waals surface area contributed by atoms with Gasteiger partial charge in [-0.25, -0.2) is 4.98 Å².